The molecule has 1 saturated heterocycles. The molecular formula is C19H25FN4OS. The van der Waals surface area contributed by atoms with Crippen molar-refractivity contribution in [1.82, 2.24) is 14.3 Å². The lowest BCUT2D eigenvalue weighted by Gasteiger charge is -2.21. The minimum Gasteiger partial charge on any atom is -0.345 e. The number of benzene rings is 1. The highest BCUT2D eigenvalue weighted by Crippen LogP contribution is 2.20. The summed E-state index contributed by atoms with van der Waals surface area (Å²) in [5.74, 6) is 1.20. The third kappa shape index (κ3) is 5.00. The van der Waals surface area contributed by atoms with Crippen molar-refractivity contribution in [3.63, 3.8) is 0 Å². The van der Waals surface area contributed by atoms with Crippen LogP contribution in [0, 0.1) is 11.7 Å². The van der Waals surface area contributed by atoms with Crippen LogP contribution in [0.1, 0.15) is 31.7 Å². The summed E-state index contributed by atoms with van der Waals surface area (Å²) in [5.41, 5.74) is 0.721. The number of carbonyl (C=O) groups excluding carboxylic acids is 1. The van der Waals surface area contributed by atoms with Gasteiger partial charge in [-0.05, 0) is 30.0 Å². The van der Waals surface area contributed by atoms with Crippen molar-refractivity contribution in [1.29, 1.82) is 0 Å². The maximum Gasteiger partial charge on any atom is 0.227 e. The first-order valence-electron chi connectivity index (χ1n) is 9.11. The van der Waals surface area contributed by atoms with Crippen LogP contribution in [0.15, 0.2) is 24.3 Å². The first-order valence-corrected chi connectivity index (χ1v) is 9.88. The average Bonchev–Trinajstić information content (AvgIpc) is 2.89. The second kappa shape index (κ2) is 8.58. The van der Waals surface area contributed by atoms with E-state index in [2.05, 4.69) is 28.1 Å². The van der Waals surface area contributed by atoms with Crippen LogP contribution in [0.25, 0.3) is 0 Å². The van der Waals surface area contributed by atoms with Gasteiger partial charge in [0.25, 0.3) is 0 Å². The van der Waals surface area contributed by atoms with Crippen molar-refractivity contribution in [2.75, 3.05) is 31.1 Å². The molecular weight excluding hydrogens is 351 g/mol. The lowest BCUT2D eigenvalue weighted by atomic mass is 10.1. The molecule has 1 aliphatic heterocycles. The van der Waals surface area contributed by atoms with Crippen LogP contribution in [0.3, 0.4) is 0 Å². The lowest BCUT2D eigenvalue weighted by Crippen LogP contribution is -2.36. The van der Waals surface area contributed by atoms with Gasteiger partial charge in [0.2, 0.25) is 11.0 Å². The predicted octanol–water partition coefficient (Wildman–Crippen LogP) is 3.16. The predicted molar refractivity (Wildman–Crippen MR) is 102 cm³/mol. The Hall–Kier alpha value is -2.02. The zero-order valence-electron chi connectivity index (χ0n) is 15.3. The molecule has 7 heteroatoms. The van der Waals surface area contributed by atoms with E-state index in [0.29, 0.717) is 12.5 Å². The molecule has 1 aromatic heterocycles. The summed E-state index contributed by atoms with van der Waals surface area (Å²) < 4.78 is 17.8. The molecule has 0 atom stereocenters. The zero-order chi connectivity index (χ0) is 18.5. The van der Waals surface area contributed by atoms with E-state index in [1.165, 1.54) is 23.7 Å². The fourth-order valence-corrected chi connectivity index (χ4v) is 3.86. The first-order chi connectivity index (χ1) is 12.5. The summed E-state index contributed by atoms with van der Waals surface area (Å²) >= 11 is 1.44. The fourth-order valence-electron chi connectivity index (χ4n) is 3.11. The number of hydrogen-bond donors (Lipinski definition) is 0. The van der Waals surface area contributed by atoms with Crippen molar-refractivity contribution in [3.05, 3.63) is 41.5 Å². The number of rotatable bonds is 5. The van der Waals surface area contributed by atoms with Gasteiger partial charge in [0.1, 0.15) is 11.6 Å². The summed E-state index contributed by atoms with van der Waals surface area (Å²) in [4.78, 5) is 21.3. The van der Waals surface area contributed by atoms with Gasteiger partial charge in [-0.1, -0.05) is 26.0 Å². The van der Waals surface area contributed by atoms with Crippen molar-refractivity contribution in [2.45, 2.75) is 33.1 Å². The number of halogens is 1. The maximum atomic E-state index is 13.3. The van der Waals surface area contributed by atoms with Crippen molar-refractivity contribution in [2.24, 2.45) is 5.92 Å². The Morgan fingerprint density at radius 3 is 2.88 bits per heavy atom. The largest absolute Gasteiger partial charge is 0.345 e. The van der Waals surface area contributed by atoms with Gasteiger partial charge in [0.05, 0.1) is 6.42 Å². The highest BCUT2D eigenvalue weighted by atomic mass is 32.1. The normalized spacial score (nSPS) is 15.4. The Bertz CT molecular complexity index is 749. The number of hydrogen-bond acceptors (Lipinski definition) is 5. The Balaban J connectivity index is 1.57. The van der Waals surface area contributed by atoms with E-state index >= 15 is 0 Å². The van der Waals surface area contributed by atoms with Crippen molar-refractivity contribution in [3.8, 4) is 0 Å². The maximum absolute atomic E-state index is 13.3. The van der Waals surface area contributed by atoms with Crippen LogP contribution in [0.4, 0.5) is 9.52 Å². The van der Waals surface area contributed by atoms with Gasteiger partial charge in [-0.3, -0.25) is 4.79 Å². The molecule has 0 N–H and O–H groups in total. The quantitative estimate of drug-likeness (QED) is 0.804. The zero-order valence-corrected chi connectivity index (χ0v) is 16.1. The molecule has 1 amide bonds. The van der Waals surface area contributed by atoms with Crippen LogP contribution < -0.4 is 4.90 Å². The van der Waals surface area contributed by atoms with E-state index in [4.69, 9.17) is 0 Å². The monoisotopic (exact) mass is 376 g/mol. The van der Waals surface area contributed by atoms with Crippen LogP contribution >= 0.6 is 11.5 Å². The number of carbonyl (C=O) groups is 1. The van der Waals surface area contributed by atoms with Crippen LogP contribution in [0.5, 0.6) is 0 Å². The van der Waals surface area contributed by atoms with Gasteiger partial charge in [-0.2, -0.15) is 4.37 Å². The number of nitrogens with zero attached hydrogens (tertiary/aromatic N) is 4. The highest BCUT2D eigenvalue weighted by Gasteiger charge is 2.21. The molecule has 0 aliphatic carbocycles. The molecule has 0 unspecified atom stereocenters. The van der Waals surface area contributed by atoms with Gasteiger partial charge in [-0.15, -0.1) is 0 Å². The fraction of sp³-hybridized carbons (Fsp3) is 0.526. The summed E-state index contributed by atoms with van der Waals surface area (Å²) in [6, 6.07) is 6.27. The van der Waals surface area contributed by atoms with Crippen LogP contribution in [0.2, 0.25) is 0 Å². The summed E-state index contributed by atoms with van der Waals surface area (Å²) in [6.07, 6.45) is 2.03. The lowest BCUT2D eigenvalue weighted by molar-refractivity contribution is -0.130. The summed E-state index contributed by atoms with van der Waals surface area (Å²) in [6.45, 7) is 7.34. The molecule has 2 heterocycles. The van der Waals surface area contributed by atoms with E-state index < -0.39 is 0 Å². The third-order valence-corrected chi connectivity index (χ3v) is 5.23. The minimum absolute atomic E-state index is 0.0511. The van der Waals surface area contributed by atoms with E-state index in [0.717, 1.165) is 49.0 Å². The molecule has 0 spiro atoms. The number of anilines is 1. The Morgan fingerprint density at radius 2 is 2.12 bits per heavy atom. The first kappa shape index (κ1) is 18.8. The average molecular weight is 377 g/mol. The molecule has 0 bridgehead atoms. The van der Waals surface area contributed by atoms with Crippen LogP contribution in [-0.2, 0) is 17.6 Å². The van der Waals surface area contributed by atoms with Gasteiger partial charge >= 0.3 is 0 Å². The molecule has 3 rings (SSSR count). The molecule has 0 radical (unpaired) electrons. The van der Waals surface area contributed by atoms with Gasteiger partial charge in [0, 0.05) is 44.1 Å². The second-order valence-corrected chi connectivity index (χ2v) is 7.85. The Labute approximate surface area is 158 Å². The van der Waals surface area contributed by atoms with E-state index in [1.807, 2.05) is 4.90 Å². The van der Waals surface area contributed by atoms with Gasteiger partial charge < -0.3 is 9.80 Å². The van der Waals surface area contributed by atoms with Crippen molar-refractivity contribution < 1.29 is 9.18 Å². The van der Waals surface area contributed by atoms with E-state index in [1.54, 1.807) is 12.1 Å². The SMILES string of the molecule is CC(C)Cc1nsc(N2CCCN(C(=O)Cc3cccc(F)c3)CC2)n1. The Morgan fingerprint density at radius 1 is 1.27 bits per heavy atom. The molecule has 1 fully saturated rings. The minimum atomic E-state index is -0.300. The standard InChI is InChI=1S/C19H25FN4OS/c1-14(2)11-17-21-19(26-22-17)24-8-4-7-23(9-10-24)18(25)13-15-5-3-6-16(20)12-15/h3,5-6,12,14H,4,7-11,13H2,1-2H3. The van der Waals surface area contributed by atoms with Crippen molar-refractivity contribution >= 4 is 22.6 Å². The number of amides is 1. The third-order valence-electron chi connectivity index (χ3n) is 4.41. The smallest absolute Gasteiger partial charge is 0.227 e. The topological polar surface area (TPSA) is 49.3 Å². The van der Waals surface area contributed by atoms with Crippen LogP contribution in [-0.4, -0.2) is 46.3 Å². The summed E-state index contributed by atoms with van der Waals surface area (Å²) in [7, 11) is 0. The highest BCUT2D eigenvalue weighted by molar-refractivity contribution is 7.09. The molecule has 0 saturated carbocycles. The van der Waals surface area contributed by atoms with E-state index in [9.17, 15) is 9.18 Å². The molecule has 1 aromatic carbocycles. The van der Waals surface area contributed by atoms with Gasteiger partial charge in [-0.25, -0.2) is 9.37 Å². The molecule has 26 heavy (non-hydrogen) atoms. The molecule has 1 aliphatic rings. The second-order valence-electron chi connectivity index (χ2n) is 7.12. The molecule has 140 valence electrons. The molecule has 5 nitrogen and oxygen atoms in total. The van der Waals surface area contributed by atoms with E-state index in [-0.39, 0.29) is 18.1 Å². The summed E-state index contributed by atoms with van der Waals surface area (Å²) in [5, 5.41) is 0.945. The number of aromatic nitrogens is 2. The van der Waals surface area contributed by atoms with Gasteiger partial charge in [0.15, 0.2) is 0 Å². The Kier molecular flexibility index (Phi) is 6.19. The molecule has 2 aromatic rings.